The van der Waals surface area contributed by atoms with Gasteiger partial charge in [-0.05, 0) is 34.9 Å². The van der Waals surface area contributed by atoms with Gasteiger partial charge in [0.2, 0.25) is 0 Å². The van der Waals surface area contributed by atoms with E-state index in [4.69, 9.17) is 5.11 Å². The number of rotatable bonds is 5. The van der Waals surface area contributed by atoms with Gasteiger partial charge in [0.05, 0.1) is 10.6 Å². The van der Waals surface area contributed by atoms with Crippen molar-refractivity contribution in [3.63, 3.8) is 0 Å². The van der Waals surface area contributed by atoms with E-state index in [0.717, 1.165) is 17.0 Å². The third kappa shape index (κ3) is 4.65. The molecule has 3 aromatic rings. The number of hydrogen-bond donors (Lipinski definition) is 1. The second-order valence-corrected chi connectivity index (χ2v) is 8.36. The second kappa shape index (κ2) is 7.36. The molecule has 3 rings (SSSR count). The lowest BCUT2D eigenvalue weighted by Crippen LogP contribution is -2.13. The van der Waals surface area contributed by atoms with Crippen molar-refractivity contribution in [2.75, 3.05) is 6.26 Å². The summed E-state index contributed by atoms with van der Waals surface area (Å²) < 4.78 is 63.2. The van der Waals surface area contributed by atoms with Gasteiger partial charge in [0.1, 0.15) is 6.54 Å². The smallest absolute Gasteiger partial charge is 0.435 e. The lowest BCUT2D eigenvalue weighted by atomic mass is 10.0. The number of sulfone groups is 1. The number of nitrogens with zero attached hydrogens (tertiary/aromatic N) is 2. The predicted molar refractivity (Wildman–Crippen MR) is 98.8 cm³/mol. The molecule has 0 spiro atoms. The fourth-order valence-electron chi connectivity index (χ4n) is 2.78. The zero-order valence-electron chi connectivity index (χ0n) is 15.0. The molecule has 0 bridgehead atoms. The molecule has 29 heavy (non-hydrogen) atoms. The Labute approximate surface area is 164 Å². The number of benzene rings is 2. The summed E-state index contributed by atoms with van der Waals surface area (Å²) in [5.74, 6) is -1.32. The van der Waals surface area contributed by atoms with Gasteiger partial charge in [0, 0.05) is 6.26 Å². The van der Waals surface area contributed by atoms with E-state index >= 15 is 0 Å². The molecular weight excluding hydrogens is 409 g/mol. The minimum absolute atomic E-state index is 0.0103. The average molecular weight is 424 g/mol. The fourth-order valence-corrected chi connectivity index (χ4v) is 3.44. The molecule has 0 amide bonds. The molecule has 6 nitrogen and oxygen atoms in total. The third-order valence-electron chi connectivity index (χ3n) is 4.13. The molecule has 0 unspecified atom stereocenters. The Morgan fingerprint density at radius 2 is 1.66 bits per heavy atom. The lowest BCUT2D eigenvalue weighted by molar-refractivity contribution is -0.143. The van der Waals surface area contributed by atoms with E-state index in [-0.39, 0.29) is 10.6 Å². The maximum absolute atomic E-state index is 13.0. The third-order valence-corrected chi connectivity index (χ3v) is 5.24. The van der Waals surface area contributed by atoms with E-state index in [1.54, 1.807) is 24.3 Å². The highest BCUT2D eigenvalue weighted by atomic mass is 32.2. The predicted octanol–water partition coefficient (Wildman–Crippen LogP) is 3.72. The normalized spacial score (nSPS) is 12.1. The number of carboxylic acids is 1. The van der Waals surface area contributed by atoms with Gasteiger partial charge in [-0.2, -0.15) is 18.3 Å². The van der Waals surface area contributed by atoms with Crippen molar-refractivity contribution in [3.8, 4) is 22.4 Å². The van der Waals surface area contributed by atoms with Crippen LogP contribution in [0.15, 0.2) is 59.5 Å². The van der Waals surface area contributed by atoms with Crippen LogP contribution in [0.5, 0.6) is 0 Å². The molecule has 1 heterocycles. The van der Waals surface area contributed by atoms with Crippen LogP contribution >= 0.6 is 0 Å². The van der Waals surface area contributed by atoms with Crippen LogP contribution in [-0.4, -0.2) is 35.5 Å². The molecule has 0 aliphatic carbocycles. The van der Waals surface area contributed by atoms with Gasteiger partial charge < -0.3 is 5.11 Å². The van der Waals surface area contributed by atoms with Crippen molar-refractivity contribution >= 4 is 15.8 Å². The lowest BCUT2D eigenvalue weighted by Gasteiger charge is -2.08. The first-order valence-electron chi connectivity index (χ1n) is 8.23. The number of aromatic nitrogens is 2. The summed E-state index contributed by atoms with van der Waals surface area (Å²) in [5, 5.41) is 12.3. The summed E-state index contributed by atoms with van der Waals surface area (Å²) >= 11 is 0. The van der Waals surface area contributed by atoms with Crippen molar-refractivity contribution in [1.29, 1.82) is 0 Å². The van der Waals surface area contributed by atoms with Gasteiger partial charge in [-0.3, -0.25) is 9.48 Å². The van der Waals surface area contributed by atoms with Crippen LogP contribution in [0.25, 0.3) is 22.4 Å². The Bertz CT molecular complexity index is 1170. The van der Waals surface area contributed by atoms with Crippen LogP contribution in [0, 0.1) is 0 Å². The van der Waals surface area contributed by atoms with E-state index in [9.17, 15) is 26.4 Å². The maximum Gasteiger partial charge on any atom is 0.435 e. The largest absolute Gasteiger partial charge is 0.480 e. The maximum atomic E-state index is 13.0. The quantitative estimate of drug-likeness (QED) is 0.674. The topological polar surface area (TPSA) is 89.3 Å². The number of carboxylic acid groups (broad SMARTS) is 1. The van der Waals surface area contributed by atoms with Crippen molar-refractivity contribution in [2.24, 2.45) is 0 Å². The number of halogens is 3. The van der Waals surface area contributed by atoms with Gasteiger partial charge in [-0.1, -0.05) is 36.4 Å². The molecule has 0 aliphatic heterocycles. The molecule has 0 fully saturated rings. The zero-order valence-corrected chi connectivity index (χ0v) is 15.8. The van der Waals surface area contributed by atoms with Crippen molar-refractivity contribution in [3.05, 3.63) is 60.3 Å². The molecule has 1 N–H and O–H groups in total. The number of alkyl halides is 3. The highest BCUT2D eigenvalue weighted by molar-refractivity contribution is 7.90. The first-order valence-corrected chi connectivity index (χ1v) is 10.1. The van der Waals surface area contributed by atoms with E-state index in [1.165, 1.54) is 24.3 Å². The Morgan fingerprint density at radius 3 is 2.21 bits per heavy atom. The second-order valence-electron chi connectivity index (χ2n) is 6.34. The molecule has 0 saturated carbocycles. The summed E-state index contributed by atoms with van der Waals surface area (Å²) in [6.07, 6.45) is -3.61. The van der Waals surface area contributed by atoms with Crippen molar-refractivity contribution < 1.29 is 31.5 Å². The summed E-state index contributed by atoms with van der Waals surface area (Å²) in [6.45, 7) is -0.719. The SMILES string of the molecule is CS(=O)(=O)c1cccc(-c2ccc(-c3cc(C(F)(F)F)nn3CC(=O)O)cc2)c1. The number of aliphatic carboxylic acids is 1. The summed E-state index contributed by atoms with van der Waals surface area (Å²) in [5.41, 5.74) is 0.446. The molecule has 10 heteroatoms. The van der Waals surface area contributed by atoms with E-state index in [1.807, 2.05) is 0 Å². The highest BCUT2D eigenvalue weighted by Crippen LogP contribution is 2.33. The first-order chi connectivity index (χ1) is 13.4. The molecule has 0 radical (unpaired) electrons. The van der Waals surface area contributed by atoms with Gasteiger partial charge in [-0.15, -0.1) is 0 Å². The van der Waals surface area contributed by atoms with Gasteiger partial charge in [0.25, 0.3) is 0 Å². The Hall–Kier alpha value is -3.14. The van der Waals surface area contributed by atoms with Crippen LogP contribution in [0.1, 0.15) is 5.69 Å². The Balaban J connectivity index is 2.01. The van der Waals surface area contributed by atoms with Gasteiger partial charge in [-0.25, -0.2) is 8.42 Å². The van der Waals surface area contributed by atoms with Crippen molar-refractivity contribution in [2.45, 2.75) is 17.6 Å². The van der Waals surface area contributed by atoms with Gasteiger partial charge in [0.15, 0.2) is 15.5 Å². The fraction of sp³-hybridized carbons (Fsp3) is 0.158. The summed E-state index contributed by atoms with van der Waals surface area (Å²) in [6, 6.07) is 13.3. The van der Waals surface area contributed by atoms with Crippen LogP contribution in [0.3, 0.4) is 0 Å². The van der Waals surface area contributed by atoms with Crippen LogP contribution < -0.4 is 0 Å². The van der Waals surface area contributed by atoms with Crippen LogP contribution in [-0.2, 0) is 27.4 Å². The van der Waals surface area contributed by atoms with E-state index < -0.39 is 34.2 Å². The Kier molecular flexibility index (Phi) is 5.22. The zero-order chi connectivity index (χ0) is 21.4. The van der Waals surface area contributed by atoms with Crippen LogP contribution in [0.4, 0.5) is 13.2 Å². The standard InChI is InChI=1S/C19H15F3N2O4S/c1-29(27,28)15-4-2-3-14(9-15)12-5-7-13(8-6-12)16-10-17(19(20,21)22)23-24(16)11-18(25)26/h2-10H,11H2,1H3,(H,25,26). The summed E-state index contributed by atoms with van der Waals surface area (Å²) in [7, 11) is -3.39. The number of carbonyl (C=O) groups is 1. The van der Waals surface area contributed by atoms with Crippen molar-refractivity contribution in [1.82, 2.24) is 9.78 Å². The molecule has 1 aromatic heterocycles. The highest BCUT2D eigenvalue weighted by Gasteiger charge is 2.35. The minimum Gasteiger partial charge on any atom is -0.480 e. The molecule has 0 saturated heterocycles. The summed E-state index contributed by atoms with van der Waals surface area (Å²) in [4.78, 5) is 11.1. The van der Waals surface area contributed by atoms with E-state index in [0.29, 0.717) is 16.7 Å². The molecule has 2 aromatic carbocycles. The Morgan fingerprint density at radius 1 is 1.03 bits per heavy atom. The number of hydrogen-bond acceptors (Lipinski definition) is 4. The monoisotopic (exact) mass is 424 g/mol. The molecule has 152 valence electrons. The van der Waals surface area contributed by atoms with E-state index in [2.05, 4.69) is 5.10 Å². The van der Waals surface area contributed by atoms with Crippen LogP contribution in [0.2, 0.25) is 0 Å². The molecular formula is C19H15F3N2O4S. The first kappa shape index (κ1) is 20.6. The molecule has 0 atom stereocenters. The minimum atomic E-state index is -4.70. The van der Waals surface area contributed by atoms with Gasteiger partial charge >= 0.3 is 12.1 Å². The molecule has 0 aliphatic rings. The average Bonchev–Trinajstić information content (AvgIpc) is 3.05.